The van der Waals surface area contributed by atoms with Gasteiger partial charge in [-0.3, -0.25) is 9.98 Å². The zero-order valence-corrected chi connectivity index (χ0v) is 18.3. The molecule has 0 aliphatic carbocycles. The number of nitrogens with zero attached hydrogens (tertiary/aromatic N) is 3. The van der Waals surface area contributed by atoms with Gasteiger partial charge in [0.15, 0.2) is 5.96 Å². The van der Waals surface area contributed by atoms with Gasteiger partial charge in [-0.2, -0.15) is 0 Å². The van der Waals surface area contributed by atoms with Crippen LogP contribution in [0.3, 0.4) is 0 Å². The first-order chi connectivity index (χ1) is 13.8. The molecule has 0 aliphatic rings. The molecule has 2 aromatic heterocycles. The van der Waals surface area contributed by atoms with E-state index in [2.05, 4.69) is 37.7 Å². The van der Waals surface area contributed by atoms with Crippen molar-refractivity contribution in [3.8, 4) is 11.5 Å². The summed E-state index contributed by atoms with van der Waals surface area (Å²) >= 11 is 0. The quantitative estimate of drug-likeness (QED) is 0.242. The zero-order valence-electron chi connectivity index (χ0n) is 16.0. The van der Waals surface area contributed by atoms with E-state index in [1.165, 1.54) is 5.39 Å². The third-order valence-corrected chi connectivity index (χ3v) is 4.41. The Hall–Kier alpha value is -2.94. The number of aromatic nitrogens is 2. The Labute approximate surface area is 186 Å². The first-order valence-electron chi connectivity index (χ1n) is 9.10. The molecule has 0 unspecified atom stereocenters. The predicted molar refractivity (Wildman–Crippen MR) is 126 cm³/mol. The Morgan fingerprint density at radius 1 is 0.966 bits per heavy atom. The average Bonchev–Trinajstić information content (AvgIpc) is 3.24. The molecule has 2 N–H and O–H groups in total. The number of pyridine rings is 1. The van der Waals surface area contributed by atoms with Crippen LogP contribution in [0.5, 0.6) is 0 Å². The van der Waals surface area contributed by atoms with Crippen molar-refractivity contribution in [3.63, 3.8) is 0 Å². The fraction of sp³-hybridized carbons (Fsp3) is 0.136. The third-order valence-electron chi connectivity index (χ3n) is 4.41. The summed E-state index contributed by atoms with van der Waals surface area (Å²) in [6.45, 7) is 1.09. The summed E-state index contributed by atoms with van der Waals surface area (Å²) < 4.78 is 5.57. The average molecular weight is 499 g/mol. The van der Waals surface area contributed by atoms with Crippen molar-refractivity contribution in [1.82, 2.24) is 20.6 Å². The lowest BCUT2D eigenvalue weighted by Crippen LogP contribution is -2.36. The molecule has 4 aromatic rings. The van der Waals surface area contributed by atoms with Crippen molar-refractivity contribution >= 4 is 40.7 Å². The van der Waals surface area contributed by atoms with E-state index in [0.717, 1.165) is 22.3 Å². The molecule has 0 spiro atoms. The summed E-state index contributed by atoms with van der Waals surface area (Å²) in [4.78, 5) is 13.3. The molecule has 0 bridgehead atoms. The van der Waals surface area contributed by atoms with E-state index in [0.29, 0.717) is 24.9 Å². The van der Waals surface area contributed by atoms with Crippen LogP contribution in [0.1, 0.15) is 11.4 Å². The summed E-state index contributed by atoms with van der Waals surface area (Å²) in [5.74, 6) is 1.29. The normalized spacial score (nSPS) is 11.1. The van der Waals surface area contributed by atoms with Gasteiger partial charge in [-0.15, -0.1) is 24.0 Å². The maximum absolute atomic E-state index is 5.57. The lowest BCUT2D eigenvalue weighted by atomic mass is 10.1. The van der Waals surface area contributed by atoms with Gasteiger partial charge in [-0.05, 0) is 23.6 Å². The lowest BCUT2D eigenvalue weighted by Gasteiger charge is -2.11. The Kier molecular flexibility index (Phi) is 7.18. The fourth-order valence-electron chi connectivity index (χ4n) is 2.99. The smallest absolute Gasteiger partial charge is 0.226 e. The SMILES string of the molecule is CN=C(NCc1coc(-c2ccccc2)n1)NCc1nccc2ccccc12.I. The molecule has 29 heavy (non-hydrogen) atoms. The van der Waals surface area contributed by atoms with Crippen molar-refractivity contribution in [2.75, 3.05) is 7.05 Å². The van der Waals surface area contributed by atoms with Crippen LogP contribution < -0.4 is 10.6 Å². The Morgan fingerprint density at radius 2 is 1.72 bits per heavy atom. The summed E-state index contributed by atoms with van der Waals surface area (Å²) in [6, 6.07) is 20.1. The van der Waals surface area contributed by atoms with E-state index in [1.54, 1.807) is 13.3 Å². The maximum Gasteiger partial charge on any atom is 0.226 e. The van der Waals surface area contributed by atoms with Gasteiger partial charge in [0.05, 0.1) is 24.5 Å². The van der Waals surface area contributed by atoms with Crippen molar-refractivity contribution in [2.45, 2.75) is 13.1 Å². The van der Waals surface area contributed by atoms with Crippen LogP contribution >= 0.6 is 24.0 Å². The van der Waals surface area contributed by atoms with Crippen LogP contribution in [0, 0.1) is 0 Å². The molecule has 0 amide bonds. The van der Waals surface area contributed by atoms with Crippen LogP contribution in [0.25, 0.3) is 22.2 Å². The van der Waals surface area contributed by atoms with Crippen LogP contribution in [-0.2, 0) is 13.1 Å². The highest BCUT2D eigenvalue weighted by molar-refractivity contribution is 14.0. The van der Waals surface area contributed by atoms with Gasteiger partial charge in [0.2, 0.25) is 5.89 Å². The molecule has 7 heteroatoms. The number of guanidine groups is 1. The van der Waals surface area contributed by atoms with Gasteiger partial charge in [-0.25, -0.2) is 4.98 Å². The maximum atomic E-state index is 5.57. The number of hydrogen-bond donors (Lipinski definition) is 2. The molecule has 148 valence electrons. The van der Waals surface area contributed by atoms with Crippen molar-refractivity contribution in [2.24, 2.45) is 4.99 Å². The molecule has 0 saturated heterocycles. The van der Waals surface area contributed by atoms with Crippen LogP contribution in [0.4, 0.5) is 0 Å². The summed E-state index contributed by atoms with van der Waals surface area (Å²) in [7, 11) is 1.74. The van der Waals surface area contributed by atoms with E-state index < -0.39 is 0 Å². The molecular weight excluding hydrogens is 477 g/mol. The summed E-state index contributed by atoms with van der Waals surface area (Å²) in [5, 5.41) is 8.87. The first-order valence-corrected chi connectivity index (χ1v) is 9.10. The highest BCUT2D eigenvalue weighted by Gasteiger charge is 2.08. The summed E-state index contributed by atoms with van der Waals surface area (Å²) in [5.41, 5.74) is 2.75. The number of nitrogens with one attached hydrogen (secondary N) is 2. The van der Waals surface area contributed by atoms with E-state index in [1.807, 2.05) is 54.7 Å². The molecule has 2 heterocycles. The molecule has 2 aromatic carbocycles. The monoisotopic (exact) mass is 499 g/mol. The first kappa shape index (κ1) is 20.8. The Morgan fingerprint density at radius 3 is 2.55 bits per heavy atom. The number of halogens is 1. The minimum absolute atomic E-state index is 0. The van der Waals surface area contributed by atoms with Crippen LogP contribution in [0.15, 0.2) is 82.5 Å². The second-order valence-electron chi connectivity index (χ2n) is 6.27. The van der Waals surface area contributed by atoms with Crippen LogP contribution in [-0.4, -0.2) is 23.0 Å². The molecule has 0 fully saturated rings. The van der Waals surface area contributed by atoms with Gasteiger partial charge in [0, 0.05) is 24.2 Å². The zero-order chi connectivity index (χ0) is 19.2. The third kappa shape index (κ3) is 5.11. The second-order valence-corrected chi connectivity index (χ2v) is 6.27. The Balaban J connectivity index is 0.00000240. The minimum Gasteiger partial charge on any atom is -0.444 e. The topological polar surface area (TPSA) is 75.3 Å². The number of rotatable bonds is 5. The van der Waals surface area contributed by atoms with Gasteiger partial charge < -0.3 is 15.1 Å². The van der Waals surface area contributed by atoms with Gasteiger partial charge >= 0.3 is 0 Å². The van der Waals surface area contributed by atoms with Gasteiger partial charge in [0.25, 0.3) is 0 Å². The number of oxazole rings is 1. The highest BCUT2D eigenvalue weighted by atomic mass is 127. The lowest BCUT2D eigenvalue weighted by molar-refractivity contribution is 0.572. The van der Waals surface area contributed by atoms with Gasteiger partial charge in [-0.1, -0.05) is 42.5 Å². The largest absolute Gasteiger partial charge is 0.444 e. The molecule has 0 saturated carbocycles. The van der Waals surface area contributed by atoms with E-state index in [4.69, 9.17) is 4.42 Å². The standard InChI is InChI=1S/C22H21N5O.HI/c1-23-22(26-14-20-19-10-6-5-7-16(19)11-12-24-20)25-13-18-15-28-21(27-18)17-8-3-2-4-9-17;/h2-12,15H,13-14H2,1H3,(H2,23,25,26);1H. The Bertz CT molecular complexity index is 1090. The van der Waals surface area contributed by atoms with Crippen molar-refractivity contribution in [3.05, 3.63) is 84.5 Å². The number of hydrogen-bond acceptors (Lipinski definition) is 4. The molecule has 0 atom stereocenters. The number of benzene rings is 2. The van der Waals surface area contributed by atoms with Crippen molar-refractivity contribution < 1.29 is 4.42 Å². The fourth-order valence-corrected chi connectivity index (χ4v) is 2.99. The predicted octanol–water partition coefficient (Wildman–Crippen LogP) is 4.37. The van der Waals surface area contributed by atoms with E-state index in [9.17, 15) is 0 Å². The second kappa shape index (κ2) is 10.0. The molecule has 6 nitrogen and oxygen atoms in total. The van der Waals surface area contributed by atoms with Gasteiger partial charge in [0.1, 0.15) is 6.26 Å². The minimum atomic E-state index is 0. The molecular formula is C22H22IN5O. The summed E-state index contributed by atoms with van der Waals surface area (Å²) in [6.07, 6.45) is 3.49. The van der Waals surface area contributed by atoms with Crippen molar-refractivity contribution in [1.29, 1.82) is 0 Å². The van der Waals surface area contributed by atoms with E-state index >= 15 is 0 Å². The number of fused-ring (bicyclic) bond motifs is 1. The highest BCUT2D eigenvalue weighted by Crippen LogP contribution is 2.18. The molecule has 0 radical (unpaired) electrons. The molecule has 0 aliphatic heterocycles. The van der Waals surface area contributed by atoms with E-state index in [-0.39, 0.29) is 24.0 Å². The van der Waals surface area contributed by atoms with Crippen LogP contribution in [0.2, 0.25) is 0 Å². The molecule has 4 rings (SSSR count). The number of aliphatic imine (C=N–C) groups is 1.